The molecule has 0 unspecified atom stereocenters. The Morgan fingerprint density at radius 3 is 2.71 bits per heavy atom. The monoisotopic (exact) mass is 201 g/mol. The molecule has 0 aromatic heterocycles. The van der Waals surface area contributed by atoms with Gasteiger partial charge >= 0.3 is 0 Å². The Bertz CT molecular complexity index is 184. The van der Waals surface area contributed by atoms with Crippen molar-refractivity contribution in [2.24, 2.45) is 0 Å². The molecule has 1 fully saturated rings. The number of nitrogens with one attached hydrogen (secondary N) is 1. The molecule has 2 N–H and O–H groups in total. The summed E-state index contributed by atoms with van der Waals surface area (Å²) < 4.78 is 5.11. The standard InChI is InChI=1S/C10H19NO3/c1-2-6-14-7-9(13)11-10(8-12)4-3-5-10/h12H,2-8H2,1H3,(H,11,13). The Labute approximate surface area is 84.6 Å². The molecule has 4 nitrogen and oxygen atoms in total. The number of hydrogen-bond acceptors (Lipinski definition) is 3. The van der Waals surface area contributed by atoms with E-state index in [-0.39, 0.29) is 24.7 Å². The Morgan fingerprint density at radius 2 is 2.29 bits per heavy atom. The summed E-state index contributed by atoms with van der Waals surface area (Å²) in [6.45, 7) is 2.75. The fraction of sp³-hybridized carbons (Fsp3) is 0.900. The minimum Gasteiger partial charge on any atom is -0.394 e. The van der Waals surface area contributed by atoms with Crippen LogP contribution in [-0.2, 0) is 9.53 Å². The van der Waals surface area contributed by atoms with E-state index in [4.69, 9.17) is 9.84 Å². The molecule has 14 heavy (non-hydrogen) atoms. The second kappa shape index (κ2) is 5.32. The minimum absolute atomic E-state index is 0.0342. The Balaban J connectivity index is 2.18. The Kier molecular flexibility index (Phi) is 4.35. The van der Waals surface area contributed by atoms with E-state index in [0.29, 0.717) is 6.61 Å². The van der Waals surface area contributed by atoms with E-state index < -0.39 is 0 Å². The topological polar surface area (TPSA) is 58.6 Å². The molecule has 0 aromatic rings. The molecule has 0 radical (unpaired) electrons. The Hall–Kier alpha value is -0.610. The first-order valence-electron chi connectivity index (χ1n) is 5.22. The molecule has 0 bridgehead atoms. The van der Waals surface area contributed by atoms with Gasteiger partial charge in [0.05, 0.1) is 12.1 Å². The first-order chi connectivity index (χ1) is 6.72. The second-order valence-corrected chi connectivity index (χ2v) is 3.89. The van der Waals surface area contributed by atoms with Gasteiger partial charge in [-0.15, -0.1) is 0 Å². The van der Waals surface area contributed by atoms with Crippen molar-refractivity contribution >= 4 is 5.91 Å². The smallest absolute Gasteiger partial charge is 0.246 e. The van der Waals surface area contributed by atoms with Crippen LogP contribution in [0.15, 0.2) is 0 Å². The molecule has 82 valence electrons. The fourth-order valence-corrected chi connectivity index (χ4v) is 1.57. The first-order valence-corrected chi connectivity index (χ1v) is 5.22. The maximum atomic E-state index is 11.3. The van der Waals surface area contributed by atoms with Crippen molar-refractivity contribution in [3.8, 4) is 0 Å². The molecule has 1 aliphatic rings. The van der Waals surface area contributed by atoms with Crippen LogP contribution in [0.3, 0.4) is 0 Å². The van der Waals surface area contributed by atoms with Gasteiger partial charge in [0, 0.05) is 6.61 Å². The third-order valence-electron chi connectivity index (χ3n) is 2.60. The van der Waals surface area contributed by atoms with Crippen LogP contribution in [0.2, 0.25) is 0 Å². The van der Waals surface area contributed by atoms with Crippen LogP contribution < -0.4 is 5.32 Å². The van der Waals surface area contributed by atoms with Gasteiger partial charge in [-0.05, 0) is 25.7 Å². The largest absolute Gasteiger partial charge is 0.394 e. The molecule has 1 rings (SSSR count). The van der Waals surface area contributed by atoms with Crippen LogP contribution in [0.1, 0.15) is 32.6 Å². The van der Waals surface area contributed by atoms with Gasteiger partial charge in [0.15, 0.2) is 0 Å². The van der Waals surface area contributed by atoms with Crippen molar-refractivity contribution in [2.45, 2.75) is 38.1 Å². The van der Waals surface area contributed by atoms with Crippen molar-refractivity contribution in [1.82, 2.24) is 5.32 Å². The van der Waals surface area contributed by atoms with Gasteiger partial charge in [-0.25, -0.2) is 0 Å². The number of aliphatic hydroxyl groups excluding tert-OH is 1. The quantitative estimate of drug-likeness (QED) is 0.613. The van der Waals surface area contributed by atoms with Crippen molar-refractivity contribution < 1.29 is 14.6 Å². The summed E-state index contributed by atoms with van der Waals surface area (Å²) in [6, 6.07) is 0. The van der Waals surface area contributed by atoms with E-state index in [0.717, 1.165) is 25.7 Å². The van der Waals surface area contributed by atoms with Crippen LogP contribution in [0.5, 0.6) is 0 Å². The van der Waals surface area contributed by atoms with Gasteiger partial charge in [0.2, 0.25) is 5.91 Å². The maximum Gasteiger partial charge on any atom is 0.246 e. The van der Waals surface area contributed by atoms with E-state index >= 15 is 0 Å². The summed E-state index contributed by atoms with van der Waals surface area (Å²) in [7, 11) is 0. The van der Waals surface area contributed by atoms with E-state index in [9.17, 15) is 4.79 Å². The van der Waals surface area contributed by atoms with E-state index in [1.54, 1.807) is 0 Å². The molecule has 0 atom stereocenters. The molecule has 0 spiro atoms. The molecule has 4 heteroatoms. The zero-order valence-corrected chi connectivity index (χ0v) is 8.71. The second-order valence-electron chi connectivity index (χ2n) is 3.89. The average molecular weight is 201 g/mol. The van der Waals surface area contributed by atoms with Gasteiger partial charge < -0.3 is 15.2 Å². The summed E-state index contributed by atoms with van der Waals surface area (Å²) in [5.74, 6) is -0.118. The van der Waals surface area contributed by atoms with E-state index in [2.05, 4.69) is 5.32 Å². The number of rotatable bonds is 6. The zero-order valence-electron chi connectivity index (χ0n) is 8.71. The van der Waals surface area contributed by atoms with Crippen LogP contribution in [0.25, 0.3) is 0 Å². The summed E-state index contributed by atoms with van der Waals surface area (Å²) in [5, 5.41) is 11.9. The SMILES string of the molecule is CCCOCC(=O)NC1(CO)CCC1. The predicted molar refractivity (Wildman–Crippen MR) is 52.9 cm³/mol. The lowest BCUT2D eigenvalue weighted by atomic mass is 9.77. The molecule has 1 amide bonds. The lowest BCUT2D eigenvalue weighted by Gasteiger charge is -2.40. The van der Waals surface area contributed by atoms with Gasteiger partial charge in [-0.1, -0.05) is 6.92 Å². The lowest BCUT2D eigenvalue weighted by molar-refractivity contribution is -0.129. The van der Waals surface area contributed by atoms with Crippen molar-refractivity contribution in [3.05, 3.63) is 0 Å². The molecular formula is C10H19NO3. The van der Waals surface area contributed by atoms with Gasteiger partial charge in [0.25, 0.3) is 0 Å². The van der Waals surface area contributed by atoms with Gasteiger partial charge in [-0.3, -0.25) is 4.79 Å². The van der Waals surface area contributed by atoms with Crippen LogP contribution in [-0.4, -0.2) is 36.4 Å². The van der Waals surface area contributed by atoms with E-state index in [1.807, 2.05) is 6.92 Å². The Morgan fingerprint density at radius 1 is 1.57 bits per heavy atom. The highest BCUT2D eigenvalue weighted by molar-refractivity contribution is 5.78. The first kappa shape index (κ1) is 11.5. The zero-order chi connectivity index (χ0) is 10.4. The number of hydrogen-bond donors (Lipinski definition) is 2. The summed E-state index contributed by atoms with van der Waals surface area (Å²) in [6.07, 6.45) is 3.75. The third kappa shape index (κ3) is 2.96. The highest BCUT2D eigenvalue weighted by atomic mass is 16.5. The molecule has 0 saturated heterocycles. The molecule has 1 aliphatic carbocycles. The van der Waals surface area contributed by atoms with Crippen LogP contribution in [0.4, 0.5) is 0 Å². The average Bonchev–Trinajstić information content (AvgIpc) is 2.12. The number of aliphatic hydroxyl groups is 1. The van der Waals surface area contributed by atoms with Crippen LogP contribution in [0, 0.1) is 0 Å². The number of carbonyl (C=O) groups is 1. The molecule has 0 heterocycles. The molecule has 0 aliphatic heterocycles. The lowest BCUT2D eigenvalue weighted by Crippen LogP contribution is -2.56. The van der Waals surface area contributed by atoms with Crippen LogP contribution >= 0.6 is 0 Å². The minimum atomic E-state index is -0.341. The summed E-state index contributed by atoms with van der Waals surface area (Å²) >= 11 is 0. The van der Waals surface area contributed by atoms with Crippen molar-refractivity contribution in [1.29, 1.82) is 0 Å². The maximum absolute atomic E-state index is 11.3. The van der Waals surface area contributed by atoms with E-state index in [1.165, 1.54) is 0 Å². The number of ether oxygens (including phenoxy) is 1. The van der Waals surface area contributed by atoms with Crippen molar-refractivity contribution in [3.63, 3.8) is 0 Å². The van der Waals surface area contributed by atoms with Gasteiger partial charge in [-0.2, -0.15) is 0 Å². The van der Waals surface area contributed by atoms with Gasteiger partial charge in [0.1, 0.15) is 6.61 Å². The predicted octanol–water partition coefficient (Wildman–Crippen LogP) is 0.444. The summed E-state index contributed by atoms with van der Waals surface area (Å²) in [4.78, 5) is 11.3. The number of carbonyl (C=O) groups excluding carboxylic acids is 1. The highest BCUT2D eigenvalue weighted by Gasteiger charge is 2.37. The molecular weight excluding hydrogens is 182 g/mol. The number of amides is 1. The molecule has 0 aromatic carbocycles. The molecule has 1 saturated carbocycles. The highest BCUT2D eigenvalue weighted by Crippen LogP contribution is 2.30. The normalized spacial score (nSPS) is 18.7. The summed E-state index contributed by atoms with van der Waals surface area (Å²) in [5.41, 5.74) is -0.341. The van der Waals surface area contributed by atoms with Crippen molar-refractivity contribution in [2.75, 3.05) is 19.8 Å². The fourth-order valence-electron chi connectivity index (χ4n) is 1.57. The third-order valence-corrected chi connectivity index (χ3v) is 2.60.